The van der Waals surface area contributed by atoms with Crippen LogP contribution in [0.15, 0.2) is 24.3 Å². The van der Waals surface area contributed by atoms with Crippen molar-refractivity contribution in [3.63, 3.8) is 0 Å². The molecule has 26 heavy (non-hydrogen) atoms. The predicted molar refractivity (Wildman–Crippen MR) is 85.3 cm³/mol. The minimum atomic E-state index is -4.94. The molecule has 2 heterocycles. The van der Waals surface area contributed by atoms with E-state index in [1.54, 1.807) is 6.08 Å². The normalized spacial score (nSPS) is 32.3. The lowest BCUT2D eigenvalue weighted by atomic mass is 9.68. The molecule has 0 fully saturated rings. The second-order valence-corrected chi connectivity index (χ2v) is 6.87. The zero-order valence-electron chi connectivity index (χ0n) is 14.0. The Balaban J connectivity index is 1.93. The maximum atomic E-state index is 13.1. The molecule has 1 aliphatic carbocycles. The fraction of sp³-hybridized carbons (Fsp3) is 0.500. The summed E-state index contributed by atoms with van der Waals surface area (Å²) in [7, 11) is 1.45. The molecule has 1 aromatic rings. The largest absolute Gasteiger partial charge is 0.493 e. The van der Waals surface area contributed by atoms with Crippen molar-refractivity contribution >= 4 is 5.78 Å². The van der Waals surface area contributed by atoms with Crippen molar-refractivity contribution in [2.24, 2.45) is 0 Å². The lowest BCUT2D eigenvalue weighted by Gasteiger charge is -2.35. The van der Waals surface area contributed by atoms with Gasteiger partial charge in [0.25, 0.3) is 5.78 Å². The summed E-state index contributed by atoms with van der Waals surface area (Å²) in [5.41, 5.74) is 0.119. The van der Waals surface area contributed by atoms with Crippen LogP contribution in [0, 0.1) is 0 Å². The first-order valence-corrected chi connectivity index (χ1v) is 8.38. The highest BCUT2D eigenvalue weighted by Crippen LogP contribution is 2.56. The Morgan fingerprint density at radius 2 is 2.19 bits per heavy atom. The highest BCUT2D eigenvalue weighted by molar-refractivity contribution is 5.91. The van der Waals surface area contributed by atoms with Crippen molar-refractivity contribution in [2.75, 3.05) is 13.7 Å². The third-order valence-electron chi connectivity index (χ3n) is 5.48. The molecule has 0 saturated carbocycles. The first-order valence-electron chi connectivity index (χ1n) is 8.38. The third-order valence-corrected chi connectivity index (χ3v) is 5.48. The molecule has 4 rings (SSSR count). The third kappa shape index (κ3) is 2.35. The molecule has 1 unspecified atom stereocenters. The zero-order valence-corrected chi connectivity index (χ0v) is 14.0. The number of nitrogens with one attached hydrogen (secondary N) is 1. The van der Waals surface area contributed by atoms with Gasteiger partial charge in [0.1, 0.15) is 12.1 Å². The molecule has 1 spiro atoms. The standard InChI is InChI=1S/C18H18F3NO4/c1-25-11-3-2-10-13-15(11)26-12-8-9(23)4-5-17(12,13)6-7-22-14(10)16(24)18(19,20)21/h2-5,9,12,14,22-23H,6-8H2,1H3/t9-,12-,14?,17+/m0/s1. The average Bonchev–Trinajstić information content (AvgIpc) is 2.81. The monoisotopic (exact) mass is 369 g/mol. The van der Waals surface area contributed by atoms with Gasteiger partial charge in [-0.1, -0.05) is 18.2 Å². The van der Waals surface area contributed by atoms with Gasteiger partial charge in [-0.3, -0.25) is 4.79 Å². The van der Waals surface area contributed by atoms with E-state index in [-0.39, 0.29) is 12.1 Å². The summed E-state index contributed by atoms with van der Waals surface area (Å²) in [5.74, 6) is -1.07. The number of aliphatic hydroxyl groups is 1. The minimum absolute atomic E-state index is 0.212. The van der Waals surface area contributed by atoms with Crippen LogP contribution in [0.25, 0.3) is 0 Å². The number of ketones is 1. The SMILES string of the molecule is COc1ccc2c3c1O[C@H]1C[C@@H](O)C=C[C@]31CCNC2C(=O)C(F)(F)F. The van der Waals surface area contributed by atoms with E-state index in [0.717, 1.165) is 0 Å². The molecule has 0 amide bonds. The molecule has 8 heteroatoms. The number of carbonyl (C=O) groups is 1. The lowest BCUT2D eigenvalue weighted by molar-refractivity contribution is -0.173. The zero-order chi connectivity index (χ0) is 18.7. The Bertz CT molecular complexity index is 791. The van der Waals surface area contributed by atoms with Gasteiger partial charge in [0.15, 0.2) is 11.5 Å². The highest BCUT2D eigenvalue weighted by Gasteiger charge is 2.55. The smallest absolute Gasteiger partial charge is 0.452 e. The molecule has 0 aromatic heterocycles. The summed E-state index contributed by atoms with van der Waals surface area (Å²) in [6.07, 6.45) is -1.82. The van der Waals surface area contributed by atoms with Gasteiger partial charge in [-0.15, -0.1) is 0 Å². The Labute approximate surface area is 147 Å². The van der Waals surface area contributed by atoms with Gasteiger partial charge in [0.05, 0.1) is 18.6 Å². The number of hydrogen-bond acceptors (Lipinski definition) is 5. The van der Waals surface area contributed by atoms with Crippen LogP contribution in [0.1, 0.15) is 30.0 Å². The van der Waals surface area contributed by atoms with Crippen molar-refractivity contribution in [2.45, 2.75) is 42.7 Å². The van der Waals surface area contributed by atoms with Crippen LogP contribution in [0.4, 0.5) is 13.2 Å². The van der Waals surface area contributed by atoms with Gasteiger partial charge in [0.2, 0.25) is 0 Å². The molecule has 1 aromatic carbocycles. The Kier molecular flexibility index (Phi) is 3.82. The average molecular weight is 369 g/mol. The molecular formula is C18H18F3NO4. The number of hydrogen-bond donors (Lipinski definition) is 2. The molecule has 3 aliphatic rings. The van der Waals surface area contributed by atoms with E-state index in [4.69, 9.17) is 9.47 Å². The molecule has 5 nitrogen and oxygen atoms in total. The topological polar surface area (TPSA) is 67.8 Å². The van der Waals surface area contributed by atoms with Crippen LogP contribution in [-0.2, 0) is 10.2 Å². The van der Waals surface area contributed by atoms with Crippen LogP contribution in [0.3, 0.4) is 0 Å². The number of Topliss-reactive ketones (excluding diaryl/α,β-unsaturated/α-hetero) is 1. The van der Waals surface area contributed by atoms with Crippen LogP contribution >= 0.6 is 0 Å². The van der Waals surface area contributed by atoms with Gasteiger partial charge < -0.3 is 19.9 Å². The Morgan fingerprint density at radius 1 is 1.42 bits per heavy atom. The number of ether oxygens (including phenoxy) is 2. The van der Waals surface area contributed by atoms with E-state index in [9.17, 15) is 23.1 Å². The van der Waals surface area contributed by atoms with Crippen LogP contribution in [-0.4, -0.2) is 42.9 Å². The van der Waals surface area contributed by atoms with Gasteiger partial charge >= 0.3 is 6.18 Å². The molecule has 0 bridgehead atoms. The first kappa shape index (κ1) is 17.4. The number of alkyl halides is 3. The van der Waals surface area contributed by atoms with E-state index < -0.39 is 35.6 Å². The number of carbonyl (C=O) groups excluding carboxylic acids is 1. The summed E-state index contributed by atoms with van der Waals surface area (Å²) in [6.45, 7) is 0.212. The van der Waals surface area contributed by atoms with Crippen molar-refractivity contribution < 1.29 is 32.5 Å². The molecular weight excluding hydrogens is 351 g/mol. The number of rotatable bonds is 2. The summed E-state index contributed by atoms with van der Waals surface area (Å²) in [4.78, 5) is 12.0. The van der Waals surface area contributed by atoms with Crippen LogP contribution in [0.2, 0.25) is 0 Å². The van der Waals surface area contributed by atoms with Gasteiger partial charge in [-0.25, -0.2) is 0 Å². The Morgan fingerprint density at radius 3 is 2.88 bits per heavy atom. The summed E-state index contributed by atoms with van der Waals surface area (Å²) in [6, 6.07) is 1.52. The molecule has 140 valence electrons. The maximum Gasteiger partial charge on any atom is 0.452 e. The van der Waals surface area contributed by atoms with E-state index in [2.05, 4.69) is 5.32 Å². The second-order valence-electron chi connectivity index (χ2n) is 6.87. The molecule has 0 saturated heterocycles. The summed E-state index contributed by atoms with van der Waals surface area (Å²) in [5, 5.41) is 12.7. The van der Waals surface area contributed by atoms with Crippen LogP contribution in [0.5, 0.6) is 11.5 Å². The Hall–Kier alpha value is -2.06. The summed E-state index contributed by atoms with van der Waals surface area (Å²) < 4.78 is 50.7. The van der Waals surface area contributed by atoms with Crippen molar-refractivity contribution in [1.29, 1.82) is 0 Å². The first-order chi connectivity index (χ1) is 12.3. The lowest BCUT2D eigenvalue weighted by Crippen LogP contribution is -2.42. The van der Waals surface area contributed by atoms with Crippen molar-refractivity contribution in [3.05, 3.63) is 35.4 Å². The number of benzene rings is 1. The molecule has 2 aliphatic heterocycles. The predicted octanol–water partition coefficient (Wildman–Crippen LogP) is 2.18. The van der Waals surface area contributed by atoms with E-state index in [0.29, 0.717) is 29.9 Å². The minimum Gasteiger partial charge on any atom is -0.493 e. The maximum absolute atomic E-state index is 13.1. The number of halogens is 3. The van der Waals surface area contributed by atoms with Crippen LogP contribution < -0.4 is 14.8 Å². The van der Waals surface area contributed by atoms with Crippen molar-refractivity contribution in [3.8, 4) is 11.5 Å². The fourth-order valence-electron chi connectivity index (χ4n) is 4.32. The van der Waals surface area contributed by atoms with Crippen molar-refractivity contribution in [1.82, 2.24) is 5.32 Å². The van der Waals surface area contributed by atoms with Gasteiger partial charge in [0, 0.05) is 12.0 Å². The molecule has 0 radical (unpaired) electrons. The summed E-state index contributed by atoms with van der Waals surface area (Å²) >= 11 is 0. The quantitative estimate of drug-likeness (QED) is 0.783. The van der Waals surface area contributed by atoms with E-state index in [1.807, 2.05) is 6.08 Å². The van der Waals surface area contributed by atoms with E-state index in [1.165, 1.54) is 19.2 Å². The molecule has 2 N–H and O–H groups in total. The second kappa shape index (κ2) is 5.72. The van der Waals surface area contributed by atoms with Gasteiger partial charge in [-0.05, 0) is 24.6 Å². The molecule has 4 atom stereocenters. The van der Waals surface area contributed by atoms with Gasteiger partial charge in [-0.2, -0.15) is 13.2 Å². The highest BCUT2D eigenvalue weighted by atomic mass is 19.4. The number of methoxy groups -OCH3 is 1. The van der Waals surface area contributed by atoms with E-state index >= 15 is 0 Å². The fourth-order valence-corrected chi connectivity index (χ4v) is 4.32. The number of aliphatic hydroxyl groups excluding tert-OH is 1.